The summed E-state index contributed by atoms with van der Waals surface area (Å²) < 4.78 is 5.80. The first-order valence-corrected chi connectivity index (χ1v) is 13.1. The van der Waals surface area contributed by atoms with Gasteiger partial charge in [-0.05, 0) is 43.0 Å². The second-order valence-electron chi connectivity index (χ2n) is 8.91. The first-order valence-electron chi connectivity index (χ1n) is 11.9. The maximum atomic E-state index is 14.2. The van der Waals surface area contributed by atoms with Crippen molar-refractivity contribution in [2.24, 2.45) is 0 Å². The summed E-state index contributed by atoms with van der Waals surface area (Å²) in [5.41, 5.74) is 0.485. The highest BCUT2D eigenvalue weighted by Crippen LogP contribution is 2.39. The summed E-state index contributed by atoms with van der Waals surface area (Å²) >= 11 is 7.71. The minimum absolute atomic E-state index is 0.147. The average Bonchev–Trinajstić information content (AvgIpc) is 3.30. The topological polar surface area (TPSA) is 66.9 Å². The lowest BCUT2D eigenvalue weighted by Crippen LogP contribution is -2.69. The molecule has 1 unspecified atom stereocenters. The van der Waals surface area contributed by atoms with Crippen LogP contribution in [-0.2, 0) is 20.9 Å². The van der Waals surface area contributed by atoms with Gasteiger partial charge in [-0.15, -0.1) is 17.9 Å². The zero-order valence-corrected chi connectivity index (χ0v) is 21.8. The first kappa shape index (κ1) is 25.9. The van der Waals surface area contributed by atoms with E-state index in [1.54, 1.807) is 21.9 Å². The summed E-state index contributed by atoms with van der Waals surface area (Å²) in [6.45, 7) is 5.05. The number of halogens is 1. The van der Waals surface area contributed by atoms with E-state index in [2.05, 4.69) is 6.58 Å². The van der Waals surface area contributed by atoms with E-state index in [9.17, 15) is 14.4 Å². The summed E-state index contributed by atoms with van der Waals surface area (Å²) in [6, 6.07) is 15.2. The van der Waals surface area contributed by atoms with E-state index in [4.69, 9.17) is 16.3 Å². The monoisotopic (exact) mass is 524 g/mol. The van der Waals surface area contributed by atoms with Crippen molar-refractivity contribution < 1.29 is 19.1 Å². The molecule has 6 nitrogen and oxygen atoms in total. The average molecular weight is 525 g/mol. The molecule has 1 saturated heterocycles. The Morgan fingerprint density at radius 1 is 1.22 bits per heavy atom. The van der Waals surface area contributed by atoms with Gasteiger partial charge < -0.3 is 14.5 Å². The molecule has 0 spiro atoms. The van der Waals surface area contributed by atoms with Gasteiger partial charge in [0, 0.05) is 46.5 Å². The number of hydrogen-bond donors (Lipinski definition) is 0. The third-order valence-corrected chi connectivity index (χ3v) is 7.89. The number of hydrogen-bond acceptors (Lipinski definition) is 5. The number of thiophene rings is 1. The van der Waals surface area contributed by atoms with Crippen LogP contribution in [0, 0.1) is 0 Å². The van der Waals surface area contributed by atoms with E-state index in [0.717, 1.165) is 15.6 Å². The maximum Gasteiger partial charge on any atom is 0.305 e. The lowest BCUT2D eigenvalue weighted by molar-refractivity contribution is -0.151. The Balaban J connectivity index is 1.63. The third-order valence-electron chi connectivity index (χ3n) is 6.69. The molecule has 1 fully saturated rings. The predicted molar refractivity (Wildman–Crippen MR) is 143 cm³/mol. The van der Waals surface area contributed by atoms with Crippen LogP contribution < -0.4 is 0 Å². The quantitative estimate of drug-likeness (QED) is 0.252. The molecule has 2 aromatic carbocycles. The fourth-order valence-electron chi connectivity index (χ4n) is 4.76. The van der Waals surface area contributed by atoms with Gasteiger partial charge >= 0.3 is 5.97 Å². The second-order valence-corrected chi connectivity index (χ2v) is 10.3. The Kier molecular flexibility index (Phi) is 8.11. The summed E-state index contributed by atoms with van der Waals surface area (Å²) in [5, 5.41) is 3.35. The predicted octanol–water partition coefficient (Wildman–Crippen LogP) is 5.70. The molecule has 3 aromatic rings. The van der Waals surface area contributed by atoms with E-state index in [1.165, 1.54) is 18.4 Å². The van der Waals surface area contributed by atoms with Crippen LogP contribution in [-0.4, -0.2) is 53.3 Å². The lowest BCUT2D eigenvalue weighted by atomic mass is 9.79. The van der Waals surface area contributed by atoms with E-state index < -0.39 is 5.54 Å². The molecule has 4 rings (SSSR count). The molecule has 0 aliphatic carbocycles. The van der Waals surface area contributed by atoms with Crippen molar-refractivity contribution >= 4 is 50.8 Å². The molecule has 0 N–H and O–H groups in total. The summed E-state index contributed by atoms with van der Waals surface area (Å²) in [6.07, 6.45) is 3.26. The number of carbonyl (C=O) groups excluding carboxylic acids is 3. The molecule has 188 valence electrons. The normalized spacial score (nSPS) is 16.9. The number of likely N-dealkylation sites (tertiary alicyclic amines) is 1. The van der Waals surface area contributed by atoms with Gasteiger partial charge in [0.1, 0.15) is 5.54 Å². The molecule has 0 saturated carbocycles. The molecular formula is C28H29ClN2O4S. The van der Waals surface area contributed by atoms with Crippen LogP contribution in [0.2, 0.25) is 5.02 Å². The van der Waals surface area contributed by atoms with Gasteiger partial charge in [-0.25, -0.2) is 0 Å². The van der Waals surface area contributed by atoms with Gasteiger partial charge in [-0.1, -0.05) is 48.0 Å². The van der Waals surface area contributed by atoms with Crippen LogP contribution in [0.4, 0.5) is 0 Å². The van der Waals surface area contributed by atoms with E-state index in [0.29, 0.717) is 49.5 Å². The fraction of sp³-hybridized carbons (Fsp3) is 0.321. The summed E-state index contributed by atoms with van der Waals surface area (Å²) in [5.74, 6) is -0.617. The van der Waals surface area contributed by atoms with Gasteiger partial charge in [-0.3, -0.25) is 14.4 Å². The number of carbonyl (C=O) groups is 3. The molecular weight excluding hydrogens is 496 g/mol. The number of methoxy groups -OCH3 is 1. The third kappa shape index (κ3) is 5.18. The molecule has 0 bridgehead atoms. The van der Waals surface area contributed by atoms with Crippen LogP contribution in [0.25, 0.3) is 10.1 Å². The van der Waals surface area contributed by atoms with Crippen molar-refractivity contribution in [3.8, 4) is 0 Å². The van der Waals surface area contributed by atoms with Gasteiger partial charge in [-0.2, -0.15) is 0 Å². The van der Waals surface area contributed by atoms with Crippen LogP contribution in [0.3, 0.4) is 0 Å². The van der Waals surface area contributed by atoms with Crippen LogP contribution in [0.1, 0.15) is 41.6 Å². The van der Waals surface area contributed by atoms with Crippen LogP contribution >= 0.6 is 22.9 Å². The first-order chi connectivity index (χ1) is 17.4. The van der Waals surface area contributed by atoms with Gasteiger partial charge in [0.25, 0.3) is 5.91 Å². The number of fused-ring (bicyclic) bond motifs is 1. The maximum absolute atomic E-state index is 14.2. The van der Waals surface area contributed by atoms with Gasteiger partial charge in [0.05, 0.1) is 12.7 Å². The Bertz CT molecular complexity index is 1290. The van der Waals surface area contributed by atoms with Crippen molar-refractivity contribution in [1.82, 2.24) is 9.80 Å². The molecule has 1 aromatic heterocycles. The molecule has 36 heavy (non-hydrogen) atoms. The highest BCUT2D eigenvalue weighted by atomic mass is 35.5. The Labute approximate surface area is 220 Å². The van der Waals surface area contributed by atoms with E-state index in [1.807, 2.05) is 47.8 Å². The number of nitrogens with zero attached hydrogens (tertiary/aromatic N) is 2. The van der Waals surface area contributed by atoms with Crippen molar-refractivity contribution in [2.75, 3.05) is 20.2 Å². The van der Waals surface area contributed by atoms with Crippen LogP contribution in [0.15, 0.2) is 66.6 Å². The molecule has 1 atom stereocenters. The van der Waals surface area contributed by atoms with Gasteiger partial charge in [0.15, 0.2) is 0 Å². The number of rotatable bonds is 10. The Morgan fingerprint density at radius 3 is 2.72 bits per heavy atom. The zero-order valence-electron chi connectivity index (χ0n) is 20.2. The smallest absolute Gasteiger partial charge is 0.305 e. The van der Waals surface area contributed by atoms with Crippen molar-refractivity contribution in [3.05, 3.63) is 82.7 Å². The zero-order chi connectivity index (χ0) is 25.7. The SMILES string of the molecule is C=CCC1(C(=O)N(CCCC(=O)OC)Cc2cccc(Cl)c2)CCN1C(=O)c1csc2ccccc12. The van der Waals surface area contributed by atoms with Crippen LogP contribution in [0.5, 0.6) is 0 Å². The second kappa shape index (κ2) is 11.3. The van der Waals surface area contributed by atoms with Crippen molar-refractivity contribution in [2.45, 2.75) is 37.8 Å². The van der Waals surface area contributed by atoms with Crippen molar-refractivity contribution in [1.29, 1.82) is 0 Å². The minimum atomic E-state index is -1.01. The summed E-state index contributed by atoms with van der Waals surface area (Å²) in [7, 11) is 1.35. The van der Waals surface area contributed by atoms with Gasteiger partial charge in [0.2, 0.25) is 5.91 Å². The molecule has 8 heteroatoms. The molecule has 2 heterocycles. The standard InChI is InChI=1S/C28H29ClN2O4S/c1-3-13-28(14-16-31(28)26(33)23-19-36-24-11-5-4-10-22(23)24)27(34)30(15-7-12-25(32)35-2)18-20-8-6-9-21(29)17-20/h3-6,8-11,17,19H,1,7,12-16,18H2,2H3. The number of esters is 1. The Morgan fingerprint density at radius 2 is 2.03 bits per heavy atom. The molecule has 1 aliphatic heterocycles. The highest BCUT2D eigenvalue weighted by Gasteiger charge is 2.54. The van der Waals surface area contributed by atoms with Crippen molar-refractivity contribution in [3.63, 3.8) is 0 Å². The van der Waals surface area contributed by atoms with E-state index in [-0.39, 0.29) is 24.2 Å². The fourth-order valence-corrected chi connectivity index (χ4v) is 5.91. The largest absolute Gasteiger partial charge is 0.469 e. The number of benzene rings is 2. The number of ether oxygens (including phenoxy) is 1. The molecule has 2 amide bonds. The summed E-state index contributed by atoms with van der Waals surface area (Å²) in [4.78, 5) is 43.0. The molecule has 0 radical (unpaired) electrons. The number of amides is 2. The minimum Gasteiger partial charge on any atom is -0.469 e. The van der Waals surface area contributed by atoms with E-state index >= 15 is 0 Å². The molecule has 1 aliphatic rings. The lowest BCUT2D eigenvalue weighted by Gasteiger charge is -2.52. The Hall–Kier alpha value is -3.16. The highest BCUT2D eigenvalue weighted by molar-refractivity contribution is 7.17.